The zero-order valence-electron chi connectivity index (χ0n) is 15.5. The Morgan fingerprint density at radius 2 is 1.92 bits per heavy atom. The first-order valence-electron chi connectivity index (χ1n) is 8.87. The first-order valence-corrected chi connectivity index (χ1v) is 10.0. The Bertz CT molecular complexity index is 584. The van der Waals surface area contributed by atoms with Crippen LogP contribution in [0.4, 0.5) is 0 Å². The van der Waals surface area contributed by atoms with Gasteiger partial charge in [-0.15, -0.1) is 11.8 Å². The molecule has 0 radical (unpaired) electrons. The molecule has 25 heavy (non-hydrogen) atoms. The van der Waals surface area contributed by atoms with Crippen molar-refractivity contribution < 1.29 is 9.59 Å². The Morgan fingerprint density at radius 1 is 1.20 bits per heavy atom. The second kappa shape index (κ2) is 9.82. The Kier molecular flexibility index (Phi) is 7.78. The summed E-state index contributed by atoms with van der Waals surface area (Å²) in [5, 5.41) is 2.91. The third kappa shape index (κ3) is 7.08. The van der Waals surface area contributed by atoms with Gasteiger partial charge in [-0.2, -0.15) is 0 Å². The Morgan fingerprint density at radius 3 is 2.56 bits per heavy atom. The van der Waals surface area contributed by atoms with E-state index in [-0.39, 0.29) is 17.9 Å². The summed E-state index contributed by atoms with van der Waals surface area (Å²) >= 11 is 1.67. The van der Waals surface area contributed by atoms with Crippen LogP contribution >= 0.6 is 11.8 Å². The average molecular weight is 364 g/mol. The van der Waals surface area contributed by atoms with Crippen molar-refractivity contribution in [3.8, 4) is 0 Å². The van der Waals surface area contributed by atoms with E-state index < -0.39 is 0 Å². The van der Waals surface area contributed by atoms with Gasteiger partial charge in [0.15, 0.2) is 0 Å². The molecule has 0 bridgehead atoms. The van der Waals surface area contributed by atoms with E-state index >= 15 is 0 Å². The molecule has 0 aromatic heterocycles. The van der Waals surface area contributed by atoms with Crippen molar-refractivity contribution in [2.45, 2.75) is 32.6 Å². The second-order valence-electron chi connectivity index (χ2n) is 6.86. The van der Waals surface area contributed by atoms with Crippen molar-refractivity contribution in [2.75, 3.05) is 38.5 Å². The van der Waals surface area contributed by atoms with Gasteiger partial charge in [-0.25, -0.2) is 0 Å². The number of carbonyl (C=O) groups excluding carboxylic acids is 2. The van der Waals surface area contributed by atoms with E-state index in [1.54, 1.807) is 11.8 Å². The first-order chi connectivity index (χ1) is 11.9. The molecular weight excluding hydrogens is 334 g/mol. The molecule has 0 aliphatic carbocycles. The molecule has 1 aromatic carbocycles. The van der Waals surface area contributed by atoms with Crippen LogP contribution in [0, 0.1) is 6.92 Å². The third-order valence-electron chi connectivity index (χ3n) is 4.12. The zero-order valence-corrected chi connectivity index (χ0v) is 16.3. The molecule has 5 nitrogen and oxygen atoms in total. The van der Waals surface area contributed by atoms with Gasteiger partial charge >= 0.3 is 0 Å². The number of rotatable bonds is 7. The van der Waals surface area contributed by atoms with Crippen LogP contribution in [0.15, 0.2) is 24.3 Å². The van der Waals surface area contributed by atoms with Crippen LogP contribution in [-0.2, 0) is 15.3 Å². The lowest BCUT2D eigenvalue weighted by Gasteiger charge is -2.34. The zero-order chi connectivity index (χ0) is 18.2. The molecule has 2 rings (SSSR count). The number of hydrogen-bond donors (Lipinski definition) is 1. The van der Waals surface area contributed by atoms with Gasteiger partial charge < -0.3 is 10.2 Å². The van der Waals surface area contributed by atoms with E-state index in [4.69, 9.17) is 0 Å². The molecule has 0 spiro atoms. The summed E-state index contributed by atoms with van der Waals surface area (Å²) in [7, 11) is 0. The molecule has 0 atom stereocenters. The van der Waals surface area contributed by atoms with E-state index in [2.05, 4.69) is 41.4 Å². The highest BCUT2D eigenvalue weighted by Gasteiger charge is 2.22. The van der Waals surface area contributed by atoms with E-state index in [0.717, 1.165) is 18.8 Å². The van der Waals surface area contributed by atoms with Gasteiger partial charge in [0, 0.05) is 38.0 Å². The highest BCUT2D eigenvalue weighted by molar-refractivity contribution is 7.99. The highest BCUT2D eigenvalue weighted by atomic mass is 32.2. The molecule has 6 heteroatoms. The summed E-state index contributed by atoms with van der Waals surface area (Å²) in [5.74, 6) is 1.64. The number of piperazine rings is 1. The predicted molar refractivity (Wildman–Crippen MR) is 104 cm³/mol. The molecule has 0 unspecified atom stereocenters. The average Bonchev–Trinajstić information content (AvgIpc) is 2.54. The number of amides is 2. The monoisotopic (exact) mass is 363 g/mol. The maximum Gasteiger partial charge on any atom is 0.234 e. The molecule has 2 amide bonds. The van der Waals surface area contributed by atoms with E-state index in [1.807, 2.05) is 18.7 Å². The standard InChI is InChI=1S/C19H29N3O2S/c1-15(2)20-18(23)12-21-7-9-22(10-8-21)19(24)14-25-13-17-6-4-5-16(3)11-17/h4-6,11,15H,7-10,12-14H2,1-3H3,(H,20,23). The number of hydrogen-bond acceptors (Lipinski definition) is 4. The van der Waals surface area contributed by atoms with Crippen molar-refractivity contribution in [1.29, 1.82) is 0 Å². The Hall–Kier alpha value is -1.53. The van der Waals surface area contributed by atoms with Gasteiger partial charge in [0.2, 0.25) is 11.8 Å². The minimum absolute atomic E-state index is 0.0588. The van der Waals surface area contributed by atoms with Crippen molar-refractivity contribution in [3.63, 3.8) is 0 Å². The maximum atomic E-state index is 12.3. The number of carbonyl (C=O) groups is 2. The van der Waals surface area contributed by atoms with Gasteiger partial charge in [-0.1, -0.05) is 29.8 Å². The van der Waals surface area contributed by atoms with Crippen LogP contribution in [0.25, 0.3) is 0 Å². The predicted octanol–water partition coefficient (Wildman–Crippen LogP) is 1.90. The fourth-order valence-electron chi connectivity index (χ4n) is 2.88. The molecule has 1 aliphatic rings. The van der Waals surface area contributed by atoms with Crippen molar-refractivity contribution >= 4 is 23.6 Å². The first kappa shape index (κ1) is 19.8. The lowest BCUT2D eigenvalue weighted by Crippen LogP contribution is -2.52. The van der Waals surface area contributed by atoms with Crippen LogP contribution < -0.4 is 5.32 Å². The molecule has 1 aliphatic heterocycles. The van der Waals surface area contributed by atoms with Crippen LogP contribution in [0.2, 0.25) is 0 Å². The quantitative estimate of drug-likeness (QED) is 0.804. The molecule has 1 saturated heterocycles. The second-order valence-corrected chi connectivity index (χ2v) is 7.85. The van der Waals surface area contributed by atoms with Crippen LogP contribution in [-0.4, -0.2) is 66.1 Å². The van der Waals surface area contributed by atoms with Crippen LogP contribution in [0.5, 0.6) is 0 Å². The SMILES string of the molecule is Cc1cccc(CSCC(=O)N2CCN(CC(=O)NC(C)C)CC2)c1. The summed E-state index contributed by atoms with van der Waals surface area (Å²) in [4.78, 5) is 28.2. The Labute approximate surface area is 155 Å². The number of aryl methyl sites for hydroxylation is 1. The van der Waals surface area contributed by atoms with Crippen LogP contribution in [0.3, 0.4) is 0 Å². The molecule has 1 fully saturated rings. The van der Waals surface area contributed by atoms with E-state index in [0.29, 0.717) is 25.4 Å². The van der Waals surface area contributed by atoms with E-state index in [1.165, 1.54) is 11.1 Å². The van der Waals surface area contributed by atoms with E-state index in [9.17, 15) is 9.59 Å². The van der Waals surface area contributed by atoms with Gasteiger partial charge in [0.25, 0.3) is 0 Å². The largest absolute Gasteiger partial charge is 0.353 e. The van der Waals surface area contributed by atoms with Crippen molar-refractivity contribution in [2.24, 2.45) is 0 Å². The summed E-state index contributed by atoms with van der Waals surface area (Å²) in [6, 6.07) is 8.58. The topological polar surface area (TPSA) is 52.7 Å². The summed E-state index contributed by atoms with van der Waals surface area (Å²) < 4.78 is 0. The summed E-state index contributed by atoms with van der Waals surface area (Å²) in [5.41, 5.74) is 2.51. The Balaban J connectivity index is 1.66. The highest BCUT2D eigenvalue weighted by Crippen LogP contribution is 2.14. The lowest BCUT2D eigenvalue weighted by molar-refractivity contribution is -0.130. The molecular formula is C19H29N3O2S. The lowest BCUT2D eigenvalue weighted by atomic mass is 10.2. The molecule has 1 aromatic rings. The van der Waals surface area contributed by atoms with Gasteiger partial charge in [0.05, 0.1) is 12.3 Å². The fourth-order valence-corrected chi connectivity index (χ4v) is 3.75. The maximum absolute atomic E-state index is 12.3. The van der Waals surface area contributed by atoms with Gasteiger partial charge in [-0.05, 0) is 26.3 Å². The molecule has 138 valence electrons. The molecule has 0 saturated carbocycles. The minimum Gasteiger partial charge on any atom is -0.353 e. The van der Waals surface area contributed by atoms with Gasteiger partial charge in [-0.3, -0.25) is 14.5 Å². The van der Waals surface area contributed by atoms with Crippen molar-refractivity contribution in [3.05, 3.63) is 35.4 Å². The molecule has 1 heterocycles. The molecule has 1 N–H and O–H groups in total. The number of thioether (sulfide) groups is 1. The normalized spacial score (nSPS) is 15.4. The third-order valence-corrected chi connectivity index (χ3v) is 5.11. The van der Waals surface area contributed by atoms with Gasteiger partial charge in [0.1, 0.15) is 0 Å². The minimum atomic E-state index is 0.0588. The number of benzene rings is 1. The van der Waals surface area contributed by atoms with Crippen molar-refractivity contribution in [1.82, 2.24) is 15.1 Å². The fraction of sp³-hybridized carbons (Fsp3) is 0.579. The summed E-state index contributed by atoms with van der Waals surface area (Å²) in [6.07, 6.45) is 0. The summed E-state index contributed by atoms with van der Waals surface area (Å²) in [6.45, 7) is 9.37. The smallest absolute Gasteiger partial charge is 0.234 e. The number of nitrogens with one attached hydrogen (secondary N) is 1. The number of nitrogens with zero attached hydrogens (tertiary/aromatic N) is 2. The van der Waals surface area contributed by atoms with Crippen LogP contribution in [0.1, 0.15) is 25.0 Å².